The van der Waals surface area contributed by atoms with Crippen molar-refractivity contribution in [3.05, 3.63) is 29.4 Å². The molecule has 0 unspecified atom stereocenters. The number of rotatable bonds is 7. The van der Waals surface area contributed by atoms with Crippen molar-refractivity contribution in [3.63, 3.8) is 0 Å². The standard InChI is InChI=1S/C15H21N5OS/c1-10-5-6-11(8-18-10)15-20-13(9-22-15)19-14(21)12(17)4-2-3-7-16/h5-6,8-9,12H,2-4,7,16-17H2,1H3,(H,19,21)/t12-/m0/s1. The van der Waals surface area contributed by atoms with Gasteiger partial charge in [0.2, 0.25) is 5.91 Å². The topological polar surface area (TPSA) is 107 Å². The molecule has 1 atom stereocenters. The molecule has 2 rings (SSSR count). The molecule has 0 saturated heterocycles. The van der Waals surface area contributed by atoms with Crippen molar-refractivity contribution in [2.24, 2.45) is 11.5 Å². The Balaban J connectivity index is 1.94. The van der Waals surface area contributed by atoms with E-state index in [1.54, 1.807) is 11.6 Å². The summed E-state index contributed by atoms with van der Waals surface area (Å²) < 4.78 is 0. The Bertz CT molecular complexity index is 611. The van der Waals surface area contributed by atoms with Crippen molar-refractivity contribution in [1.29, 1.82) is 0 Å². The van der Waals surface area contributed by atoms with Gasteiger partial charge in [0.1, 0.15) is 10.8 Å². The van der Waals surface area contributed by atoms with E-state index >= 15 is 0 Å². The van der Waals surface area contributed by atoms with Crippen LogP contribution in [0.5, 0.6) is 0 Å². The summed E-state index contributed by atoms with van der Waals surface area (Å²) in [5.41, 5.74) is 13.2. The van der Waals surface area contributed by atoms with Gasteiger partial charge in [0.25, 0.3) is 0 Å². The Morgan fingerprint density at radius 1 is 1.41 bits per heavy atom. The van der Waals surface area contributed by atoms with Crippen LogP contribution in [0.3, 0.4) is 0 Å². The molecule has 0 bridgehead atoms. The number of aryl methyl sites for hydroxylation is 1. The second-order valence-corrected chi connectivity index (χ2v) is 5.96. The number of hydrogen-bond acceptors (Lipinski definition) is 6. The van der Waals surface area contributed by atoms with Gasteiger partial charge in [-0.2, -0.15) is 0 Å². The number of carbonyl (C=O) groups excluding carboxylic acids is 1. The van der Waals surface area contributed by atoms with Crippen molar-refractivity contribution in [2.45, 2.75) is 32.2 Å². The third kappa shape index (κ3) is 4.59. The van der Waals surface area contributed by atoms with Gasteiger partial charge < -0.3 is 16.8 Å². The van der Waals surface area contributed by atoms with Gasteiger partial charge in [-0.3, -0.25) is 9.78 Å². The number of thiazole rings is 1. The molecule has 0 saturated carbocycles. The summed E-state index contributed by atoms with van der Waals surface area (Å²) in [5, 5.41) is 5.38. The maximum Gasteiger partial charge on any atom is 0.242 e. The molecule has 0 aliphatic heterocycles. The van der Waals surface area contributed by atoms with Crippen LogP contribution in [0, 0.1) is 6.92 Å². The number of unbranched alkanes of at least 4 members (excludes halogenated alkanes) is 1. The Hall–Kier alpha value is -1.83. The summed E-state index contributed by atoms with van der Waals surface area (Å²) in [6.45, 7) is 2.55. The highest BCUT2D eigenvalue weighted by atomic mass is 32.1. The van der Waals surface area contributed by atoms with E-state index in [0.717, 1.165) is 29.1 Å². The lowest BCUT2D eigenvalue weighted by atomic mass is 10.1. The van der Waals surface area contributed by atoms with Crippen molar-refractivity contribution in [3.8, 4) is 10.6 Å². The Morgan fingerprint density at radius 3 is 2.91 bits per heavy atom. The van der Waals surface area contributed by atoms with Gasteiger partial charge in [0.15, 0.2) is 0 Å². The summed E-state index contributed by atoms with van der Waals surface area (Å²) in [7, 11) is 0. The predicted molar refractivity (Wildman–Crippen MR) is 89.6 cm³/mol. The number of pyridine rings is 1. The highest BCUT2D eigenvalue weighted by Gasteiger charge is 2.15. The number of amides is 1. The van der Waals surface area contributed by atoms with Gasteiger partial charge in [-0.1, -0.05) is 6.42 Å². The molecule has 5 N–H and O–H groups in total. The number of nitrogens with two attached hydrogens (primary N) is 2. The molecule has 22 heavy (non-hydrogen) atoms. The van der Waals surface area contributed by atoms with Crippen molar-refractivity contribution in [1.82, 2.24) is 9.97 Å². The zero-order valence-corrected chi connectivity index (χ0v) is 13.4. The molecule has 0 fully saturated rings. The van der Waals surface area contributed by atoms with Gasteiger partial charge in [0, 0.05) is 22.8 Å². The van der Waals surface area contributed by atoms with Gasteiger partial charge in [-0.25, -0.2) is 4.98 Å². The Labute approximate surface area is 134 Å². The molecule has 0 radical (unpaired) electrons. The lowest BCUT2D eigenvalue weighted by Gasteiger charge is -2.10. The summed E-state index contributed by atoms with van der Waals surface area (Å²) in [5.74, 6) is 0.316. The highest BCUT2D eigenvalue weighted by molar-refractivity contribution is 7.13. The predicted octanol–water partition coefficient (Wildman–Crippen LogP) is 1.91. The zero-order valence-electron chi connectivity index (χ0n) is 12.6. The fourth-order valence-electron chi connectivity index (χ4n) is 1.92. The zero-order chi connectivity index (χ0) is 15.9. The second kappa shape index (κ2) is 7.98. The van der Waals surface area contributed by atoms with E-state index in [9.17, 15) is 4.79 Å². The summed E-state index contributed by atoms with van der Waals surface area (Å²) >= 11 is 1.46. The monoisotopic (exact) mass is 319 g/mol. The van der Waals surface area contributed by atoms with Gasteiger partial charge in [-0.05, 0) is 38.4 Å². The van der Waals surface area contributed by atoms with Crippen LogP contribution in [-0.4, -0.2) is 28.5 Å². The van der Waals surface area contributed by atoms with E-state index in [1.807, 2.05) is 19.1 Å². The minimum Gasteiger partial charge on any atom is -0.330 e. The largest absolute Gasteiger partial charge is 0.330 e. The van der Waals surface area contributed by atoms with E-state index in [1.165, 1.54) is 11.3 Å². The lowest BCUT2D eigenvalue weighted by molar-refractivity contribution is -0.117. The van der Waals surface area contributed by atoms with Crippen LogP contribution in [0.1, 0.15) is 25.0 Å². The Kier molecular flexibility index (Phi) is 6.00. The molecule has 118 valence electrons. The van der Waals surface area contributed by atoms with E-state index in [-0.39, 0.29) is 5.91 Å². The first-order chi connectivity index (χ1) is 10.6. The number of nitrogens with one attached hydrogen (secondary N) is 1. The first kappa shape index (κ1) is 16.5. The summed E-state index contributed by atoms with van der Waals surface area (Å²) in [6.07, 6.45) is 4.13. The lowest BCUT2D eigenvalue weighted by Crippen LogP contribution is -2.35. The molecule has 2 aromatic heterocycles. The molecular formula is C15H21N5OS. The van der Waals surface area contributed by atoms with E-state index in [0.29, 0.717) is 18.8 Å². The molecule has 6 nitrogen and oxygen atoms in total. The fraction of sp³-hybridized carbons (Fsp3) is 0.400. The van der Waals surface area contributed by atoms with Crippen LogP contribution in [-0.2, 0) is 4.79 Å². The number of aromatic nitrogens is 2. The van der Waals surface area contributed by atoms with Crippen LogP contribution >= 0.6 is 11.3 Å². The molecule has 7 heteroatoms. The number of hydrogen-bond donors (Lipinski definition) is 3. The van der Waals surface area contributed by atoms with E-state index < -0.39 is 6.04 Å². The SMILES string of the molecule is Cc1ccc(-c2nc(NC(=O)[C@@H](N)CCCCN)cs2)cn1. The van der Waals surface area contributed by atoms with Crippen LogP contribution < -0.4 is 16.8 Å². The average molecular weight is 319 g/mol. The molecule has 0 aliphatic carbocycles. The normalized spacial score (nSPS) is 12.1. The van der Waals surface area contributed by atoms with Crippen molar-refractivity contribution < 1.29 is 4.79 Å². The van der Waals surface area contributed by atoms with Gasteiger partial charge in [-0.15, -0.1) is 11.3 Å². The first-order valence-corrected chi connectivity index (χ1v) is 8.13. The third-order valence-corrected chi connectivity index (χ3v) is 4.11. The third-order valence-electron chi connectivity index (χ3n) is 3.22. The van der Waals surface area contributed by atoms with Crippen LogP contribution in [0.4, 0.5) is 5.82 Å². The maximum atomic E-state index is 12.0. The minimum atomic E-state index is -0.530. The van der Waals surface area contributed by atoms with Crippen LogP contribution in [0.15, 0.2) is 23.7 Å². The van der Waals surface area contributed by atoms with Crippen molar-refractivity contribution in [2.75, 3.05) is 11.9 Å². The van der Waals surface area contributed by atoms with E-state index in [2.05, 4.69) is 15.3 Å². The van der Waals surface area contributed by atoms with Crippen molar-refractivity contribution >= 4 is 23.1 Å². The van der Waals surface area contributed by atoms with Gasteiger partial charge in [0.05, 0.1) is 6.04 Å². The van der Waals surface area contributed by atoms with Crippen LogP contribution in [0.25, 0.3) is 10.6 Å². The fourth-order valence-corrected chi connectivity index (χ4v) is 2.66. The molecule has 2 aromatic rings. The van der Waals surface area contributed by atoms with Crippen LogP contribution in [0.2, 0.25) is 0 Å². The van der Waals surface area contributed by atoms with E-state index in [4.69, 9.17) is 11.5 Å². The minimum absolute atomic E-state index is 0.212. The molecule has 0 aliphatic rings. The second-order valence-electron chi connectivity index (χ2n) is 5.11. The van der Waals surface area contributed by atoms with Gasteiger partial charge >= 0.3 is 0 Å². The maximum absolute atomic E-state index is 12.0. The molecule has 1 amide bonds. The number of anilines is 1. The average Bonchev–Trinajstić information content (AvgIpc) is 2.96. The smallest absolute Gasteiger partial charge is 0.242 e. The first-order valence-electron chi connectivity index (χ1n) is 7.25. The highest BCUT2D eigenvalue weighted by Crippen LogP contribution is 2.25. The molecule has 0 aromatic carbocycles. The Morgan fingerprint density at radius 2 is 2.23 bits per heavy atom. The quantitative estimate of drug-likeness (QED) is 0.676. The number of carbonyl (C=O) groups is 1. The molecule has 2 heterocycles. The summed E-state index contributed by atoms with van der Waals surface area (Å²) in [4.78, 5) is 20.6. The molecule has 0 spiro atoms. The summed E-state index contributed by atoms with van der Waals surface area (Å²) in [6, 6.07) is 3.37. The number of nitrogens with zero attached hydrogens (tertiary/aromatic N) is 2. The molecular weight excluding hydrogens is 298 g/mol.